The molecule has 0 fully saturated rings. The Balaban J connectivity index is 3.22. The summed E-state index contributed by atoms with van der Waals surface area (Å²) in [5.74, 6) is 0.953. The van der Waals surface area contributed by atoms with Crippen LogP contribution in [0, 0.1) is 0 Å². The molecule has 0 spiro atoms. The molecule has 0 bridgehead atoms. The fourth-order valence-electron chi connectivity index (χ4n) is 1.30. The number of ether oxygens (including phenoxy) is 1. The quantitative estimate of drug-likeness (QED) is 0.388. The molecule has 0 aromatic rings. The van der Waals surface area contributed by atoms with Gasteiger partial charge in [0.25, 0.3) is 0 Å². The highest BCUT2D eigenvalue weighted by Crippen LogP contribution is 2.23. The van der Waals surface area contributed by atoms with Gasteiger partial charge in [0.2, 0.25) is 0 Å². The third-order valence-electron chi connectivity index (χ3n) is 2.32. The van der Waals surface area contributed by atoms with Crippen molar-refractivity contribution in [2.45, 2.75) is 25.7 Å². The molecule has 0 aliphatic heterocycles. The first kappa shape index (κ1) is 19.8. The first-order chi connectivity index (χ1) is 9.52. The largest absolute Gasteiger partial charge is 0.481 e. The SMILES string of the molecule is CN(C)CCCOCC(=O)CCSSCCCC(=O)O. The third-order valence-corrected chi connectivity index (χ3v) is 4.82. The van der Waals surface area contributed by atoms with Crippen LogP contribution < -0.4 is 0 Å². The highest BCUT2D eigenvalue weighted by molar-refractivity contribution is 8.76. The van der Waals surface area contributed by atoms with Crippen molar-refractivity contribution in [3.63, 3.8) is 0 Å². The lowest BCUT2D eigenvalue weighted by Gasteiger charge is -2.09. The molecule has 0 heterocycles. The van der Waals surface area contributed by atoms with E-state index in [4.69, 9.17) is 9.84 Å². The average Bonchev–Trinajstić information content (AvgIpc) is 2.36. The van der Waals surface area contributed by atoms with Gasteiger partial charge in [-0.05, 0) is 33.5 Å². The second-order valence-corrected chi connectivity index (χ2v) is 7.34. The molecule has 0 aromatic carbocycles. The van der Waals surface area contributed by atoms with Crippen LogP contribution in [0.1, 0.15) is 25.7 Å². The zero-order valence-corrected chi connectivity index (χ0v) is 13.9. The van der Waals surface area contributed by atoms with E-state index in [1.54, 1.807) is 21.6 Å². The van der Waals surface area contributed by atoms with Crippen LogP contribution in [-0.4, -0.2) is 67.1 Å². The van der Waals surface area contributed by atoms with Crippen molar-refractivity contribution < 1.29 is 19.4 Å². The molecule has 1 N–H and O–H groups in total. The third kappa shape index (κ3) is 15.8. The molecule has 118 valence electrons. The number of aliphatic carboxylic acids is 1. The minimum atomic E-state index is -0.753. The van der Waals surface area contributed by atoms with E-state index in [1.165, 1.54) is 0 Å². The van der Waals surface area contributed by atoms with Crippen LogP contribution >= 0.6 is 21.6 Å². The molecule has 0 saturated carbocycles. The number of ketones is 1. The van der Waals surface area contributed by atoms with Gasteiger partial charge in [-0.25, -0.2) is 0 Å². The van der Waals surface area contributed by atoms with Crippen molar-refractivity contribution in [1.29, 1.82) is 0 Å². The summed E-state index contributed by atoms with van der Waals surface area (Å²) in [6.07, 6.45) is 2.35. The Hall–Kier alpha value is -0.240. The van der Waals surface area contributed by atoms with Gasteiger partial charge in [0.1, 0.15) is 6.61 Å². The maximum absolute atomic E-state index is 11.5. The van der Waals surface area contributed by atoms with Gasteiger partial charge in [-0.1, -0.05) is 21.6 Å². The Morgan fingerprint density at radius 3 is 2.45 bits per heavy atom. The van der Waals surface area contributed by atoms with E-state index in [2.05, 4.69) is 4.90 Å². The van der Waals surface area contributed by atoms with Gasteiger partial charge in [-0.3, -0.25) is 9.59 Å². The number of hydrogen-bond acceptors (Lipinski definition) is 6. The number of carboxylic acid groups (broad SMARTS) is 1. The predicted octanol–water partition coefficient (Wildman–Crippen LogP) is 2.16. The molecule has 0 aromatic heterocycles. The van der Waals surface area contributed by atoms with Crippen LogP contribution in [0.5, 0.6) is 0 Å². The fraction of sp³-hybridized carbons (Fsp3) is 0.846. The minimum Gasteiger partial charge on any atom is -0.481 e. The summed E-state index contributed by atoms with van der Waals surface area (Å²) in [5, 5.41) is 8.46. The first-order valence-corrected chi connectivity index (χ1v) is 9.21. The normalized spacial score (nSPS) is 10.9. The molecule has 0 aliphatic rings. The highest BCUT2D eigenvalue weighted by Gasteiger charge is 2.03. The van der Waals surface area contributed by atoms with Gasteiger partial charge in [0.15, 0.2) is 5.78 Å². The maximum atomic E-state index is 11.5. The van der Waals surface area contributed by atoms with Crippen molar-refractivity contribution in [3.05, 3.63) is 0 Å². The van der Waals surface area contributed by atoms with Crippen molar-refractivity contribution in [2.24, 2.45) is 0 Å². The average molecular weight is 323 g/mol. The summed E-state index contributed by atoms with van der Waals surface area (Å²) >= 11 is 0. The van der Waals surface area contributed by atoms with E-state index >= 15 is 0 Å². The van der Waals surface area contributed by atoms with E-state index in [0.29, 0.717) is 19.4 Å². The van der Waals surface area contributed by atoms with Gasteiger partial charge >= 0.3 is 5.97 Å². The first-order valence-electron chi connectivity index (χ1n) is 6.72. The number of Topliss-reactive ketones (excluding diaryl/α,β-unsaturated/α-hetero) is 1. The number of carbonyl (C=O) groups excluding carboxylic acids is 1. The molecule has 0 unspecified atom stereocenters. The van der Waals surface area contributed by atoms with E-state index in [0.717, 1.165) is 24.5 Å². The number of rotatable bonds is 14. The summed E-state index contributed by atoms with van der Waals surface area (Å²) < 4.78 is 5.31. The fourth-order valence-corrected chi connectivity index (χ4v) is 3.42. The van der Waals surface area contributed by atoms with Gasteiger partial charge in [-0.2, -0.15) is 0 Å². The number of carboxylic acids is 1. The maximum Gasteiger partial charge on any atom is 0.303 e. The van der Waals surface area contributed by atoms with Crippen LogP contribution in [0.4, 0.5) is 0 Å². The van der Waals surface area contributed by atoms with Crippen molar-refractivity contribution in [2.75, 3.05) is 45.4 Å². The van der Waals surface area contributed by atoms with Gasteiger partial charge in [0, 0.05) is 31.0 Å². The second-order valence-electron chi connectivity index (χ2n) is 4.64. The molecule has 5 nitrogen and oxygen atoms in total. The molecule has 20 heavy (non-hydrogen) atoms. The molecular formula is C13H25NO4S2. The minimum absolute atomic E-state index is 0.133. The topological polar surface area (TPSA) is 66.8 Å². The van der Waals surface area contributed by atoms with Crippen LogP contribution in [0.2, 0.25) is 0 Å². The van der Waals surface area contributed by atoms with E-state index < -0.39 is 5.97 Å². The number of nitrogens with zero attached hydrogens (tertiary/aromatic N) is 1. The molecule has 0 atom stereocenters. The van der Waals surface area contributed by atoms with Crippen LogP contribution in [0.25, 0.3) is 0 Å². The van der Waals surface area contributed by atoms with E-state index in [1.807, 2.05) is 14.1 Å². The highest BCUT2D eigenvalue weighted by atomic mass is 33.1. The van der Waals surface area contributed by atoms with Crippen LogP contribution in [0.15, 0.2) is 0 Å². The summed E-state index contributed by atoms with van der Waals surface area (Å²) in [5.41, 5.74) is 0. The van der Waals surface area contributed by atoms with E-state index in [-0.39, 0.29) is 18.8 Å². The molecule has 0 saturated heterocycles. The number of carbonyl (C=O) groups is 2. The predicted molar refractivity (Wildman–Crippen MR) is 85.4 cm³/mol. The molecule has 7 heteroatoms. The van der Waals surface area contributed by atoms with Gasteiger partial charge in [0.05, 0.1) is 0 Å². The van der Waals surface area contributed by atoms with Crippen LogP contribution in [-0.2, 0) is 14.3 Å². The Kier molecular flexibility index (Phi) is 13.6. The molecule has 0 amide bonds. The summed E-state index contributed by atoms with van der Waals surface area (Å²) in [6, 6.07) is 0. The van der Waals surface area contributed by atoms with E-state index in [9.17, 15) is 9.59 Å². The smallest absolute Gasteiger partial charge is 0.303 e. The van der Waals surface area contributed by atoms with Crippen molar-refractivity contribution in [3.8, 4) is 0 Å². The molecule has 0 aliphatic carbocycles. The molecule has 0 radical (unpaired) electrons. The Morgan fingerprint density at radius 2 is 1.80 bits per heavy atom. The van der Waals surface area contributed by atoms with Crippen molar-refractivity contribution in [1.82, 2.24) is 4.90 Å². The summed E-state index contributed by atoms with van der Waals surface area (Å²) in [7, 11) is 7.27. The zero-order chi connectivity index (χ0) is 15.2. The van der Waals surface area contributed by atoms with Gasteiger partial charge < -0.3 is 14.7 Å². The standard InChI is InChI=1S/C13H25NO4S2/c1-14(2)7-4-8-18-11-12(15)6-10-20-19-9-3-5-13(16)17/h3-11H2,1-2H3,(H,16,17). The van der Waals surface area contributed by atoms with Crippen molar-refractivity contribution >= 4 is 33.3 Å². The summed E-state index contributed by atoms with van der Waals surface area (Å²) in [4.78, 5) is 23.9. The Labute approximate surface area is 129 Å². The molecular weight excluding hydrogens is 298 g/mol. The monoisotopic (exact) mass is 323 g/mol. The Bertz CT molecular complexity index is 275. The lowest BCUT2D eigenvalue weighted by molar-refractivity contribution is -0.137. The second kappa shape index (κ2) is 13.7. The number of hydrogen-bond donors (Lipinski definition) is 1. The lowest BCUT2D eigenvalue weighted by Crippen LogP contribution is -2.16. The van der Waals surface area contributed by atoms with Crippen LogP contribution in [0.3, 0.4) is 0 Å². The zero-order valence-electron chi connectivity index (χ0n) is 12.3. The Morgan fingerprint density at radius 1 is 1.10 bits per heavy atom. The summed E-state index contributed by atoms with van der Waals surface area (Å²) in [6.45, 7) is 1.80. The molecule has 0 rings (SSSR count). The lowest BCUT2D eigenvalue weighted by atomic mass is 10.3. The van der Waals surface area contributed by atoms with Gasteiger partial charge in [-0.15, -0.1) is 0 Å².